The zero-order valence-electron chi connectivity index (χ0n) is 17.3. The van der Waals surface area contributed by atoms with Gasteiger partial charge in [-0.3, -0.25) is 9.89 Å². The van der Waals surface area contributed by atoms with Crippen molar-refractivity contribution in [2.24, 2.45) is 4.99 Å². The highest BCUT2D eigenvalue weighted by atomic mass is 32.1. The highest BCUT2D eigenvalue weighted by Gasteiger charge is 2.08. The molecule has 0 bridgehead atoms. The van der Waals surface area contributed by atoms with Crippen molar-refractivity contribution in [2.75, 3.05) is 20.6 Å². The van der Waals surface area contributed by atoms with E-state index >= 15 is 0 Å². The Labute approximate surface area is 176 Å². The largest absolute Gasteiger partial charge is 0.468 e. The number of hydrogen-bond donors (Lipinski definition) is 2. The molecule has 1 aromatic carbocycles. The number of thiazole rings is 1. The Balaban J connectivity index is 1.49. The van der Waals surface area contributed by atoms with E-state index < -0.39 is 0 Å². The standard InChI is InChI=1S/C22H29N5OS/c1-17-26-20(16-29-17)10-11-24-22(23-2)25-13-18-7-4-5-8-19(18)14-27(3)15-21-9-6-12-28-21/h4-9,12,16H,10-11,13-15H2,1-3H3,(H2,23,24,25). The Morgan fingerprint density at radius 3 is 2.66 bits per heavy atom. The smallest absolute Gasteiger partial charge is 0.191 e. The molecule has 2 N–H and O–H groups in total. The lowest BCUT2D eigenvalue weighted by molar-refractivity contribution is 0.287. The molecule has 0 radical (unpaired) electrons. The van der Waals surface area contributed by atoms with Gasteiger partial charge >= 0.3 is 0 Å². The summed E-state index contributed by atoms with van der Waals surface area (Å²) >= 11 is 1.69. The molecule has 0 atom stereocenters. The molecule has 2 aromatic heterocycles. The van der Waals surface area contributed by atoms with Crippen molar-refractivity contribution >= 4 is 17.3 Å². The van der Waals surface area contributed by atoms with E-state index in [-0.39, 0.29) is 0 Å². The second kappa shape index (κ2) is 10.8. The van der Waals surface area contributed by atoms with Crippen LogP contribution in [0.15, 0.2) is 57.5 Å². The minimum atomic E-state index is 0.722. The molecule has 0 fully saturated rings. The third-order valence-corrected chi connectivity index (χ3v) is 5.40. The van der Waals surface area contributed by atoms with E-state index in [2.05, 4.69) is 62.2 Å². The second-order valence-electron chi connectivity index (χ2n) is 6.98. The summed E-state index contributed by atoms with van der Waals surface area (Å²) < 4.78 is 5.45. The second-order valence-corrected chi connectivity index (χ2v) is 8.04. The van der Waals surface area contributed by atoms with Gasteiger partial charge in [0, 0.05) is 38.5 Å². The monoisotopic (exact) mass is 411 g/mol. The van der Waals surface area contributed by atoms with Gasteiger partial charge in [0.15, 0.2) is 5.96 Å². The first-order chi connectivity index (χ1) is 14.1. The molecule has 6 nitrogen and oxygen atoms in total. The van der Waals surface area contributed by atoms with Crippen molar-refractivity contribution in [3.8, 4) is 0 Å². The predicted molar refractivity (Wildman–Crippen MR) is 119 cm³/mol. The SMILES string of the molecule is CN=C(NCCc1csc(C)n1)NCc1ccccc1CN(C)Cc1ccco1. The Morgan fingerprint density at radius 2 is 1.97 bits per heavy atom. The number of nitrogens with one attached hydrogen (secondary N) is 2. The summed E-state index contributed by atoms with van der Waals surface area (Å²) in [5.41, 5.74) is 3.68. The van der Waals surface area contributed by atoms with Crippen LogP contribution >= 0.6 is 11.3 Å². The maximum absolute atomic E-state index is 5.45. The first-order valence-electron chi connectivity index (χ1n) is 9.77. The molecule has 154 valence electrons. The van der Waals surface area contributed by atoms with E-state index in [1.165, 1.54) is 11.1 Å². The van der Waals surface area contributed by atoms with E-state index in [1.54, 1.807) is 24.6 Å². The normalized spacial score (nSPS) is 11.8. The number of hydrogen-bond acceptors (Lipinski definition) is 5. The van der Waals surface area contributed by atoms with Gasteiger partial charge < -0.3 is 15.1 Å². The number of aromatic nitrogens is 1. The van der Waals surface area contributed by atoms with Gasteiger partial charge in [0.2, 0.25) is 0 Å². The Morgan fingerprint density at radius 1 is 1.14 bits per heavy atom. The molecule has 3 rings (SSSR count). The summed E-state index contributed by atoms with van der Waals surface area (Å²) in [7, 11) is 3.90. The predicted octanol–water partition coefficient (Wildman–Crippen LogP) is 3.58. The average molecular weight is 412 g/mol. The zero-order valence-corrected chi connectivity index (χ0v) is 18.1. The molecule has 0 aliphatic heterocycles. The van der Waals surface area contributed by atoms with Crippen LogP contribution in [-0.2, 0) is 26.1 Å². The van der Waals surface area contributed by atoms with Crippen molar-refractivity contribution in [3.63, 3.8) is 0 Å². The Hall–Kier alpha value is -2.64. The fraction of sp³-hybridized carbons (Fsp3) is 0.364. The van der Waals surface area contributed by atoms with E-state index in [9.17, 15) is 0 Å². The number of nitrogens with zero attached hydrogens (tertiary/aromatic N) is 3. The quantitative estimate of drug-likeness (QED) is 0.416. The van der Waals surface area contributed by atoms with Gasteiger partial charge in [-0.05, 0) is 37.2 Å². The van der Waals surface area contributed by atoms with Gasteiger partial charge in [-0.1, -0.05) is 24.3 Å². The number of furan rings is 1. The zero-order chi connectivity index (χ0) is 20.5. The maximum Gasteiger partial charge on any atom is 0.191 e. The first-order valence-corrected chi connectivity index (χ1v) is 10.6. The molecule has 2 heterocycles. The van der Waals surface area contributed by atoms with E-state index in [0.717, 1.165) is 55.0 Å². The third-order valence-electron chi connectivity index (χ3n) is 4.57. The van der Waals surface area contributed by atoms with Crippen LogP contribution in [0.5, 0.6) is 0 Å². The summed E-state index contributed by atoms with van der Waals surface area (Å²) in [6.45, 7) is 5.20. The maximum atomic E-state index is 5.45. The summed E-state index contributed by atoms with van der Waals surface area (Å²) in [6, 6.07) is 12.4. The number of benzene rings is 1. The highest BCUT2D eigenvalue weighted by molar-refractivity contribution is 7.09. The molecule has 3 aromatic rings. The lowest BCUT2D eigenvalue weighted by Crippen LogP contribution is -2.38. The van der Waals surface area contributed by atoms with Gasteiger partial charge in [0.1, 0.15) is 5.76 Å². The summed E-state index contributed by atoms with van der Waals surface area (Å²) in [4.78, 5) is 11.1. The molecule has 29 heavy (non-hydrogen) atoms. The summed E-state index contributed by atoms with van der Waals surface area (Å²) in [5, 5.41) is 10.0. The van der Waals surface area contributed by atoms with Crippen LogP contribution in [0.25, 0.3) is 0 Å². The Bertz CT molecular complexity index is 904. The van der Waals surface area contributed by atoms with Crippen LogP contribution in [0.2, 0.25) is 0 Å². The molecule has 0 saturated carbocycles. The molecule has 0 saturated heterocycles. The minimum absolute atomic E-state index is 0.722. The van der Waals surface area contributed by atoms with Crippen LogP contribution in [-0.4, -0.2) is 36.5 Å². The fourth-order valence-corrected chi connectivity index (χ4v) is 3.78. The fourth-order valence-electron chi connectivity index (χ4n) is 3.13. The molecular formula is C22H29N5OS. The van der Waals surface area contributed by atoms with Gasteiger partial charge in [0.25, 0.3) is 0 Å². The lowest BCUT2D eigenvalue weighted by atomic mass is 10.1. The topological polar surface area (TPSA) is 65.7 Å². The van der Waals surface area contributed by atoms with Crippen LogP contribution in [0.1, 0.15) is 27.6 Å². The lowest BCUT2D eigenvalue weighted by Gasteiger charge is -2.19. The molecule has 7 heteroatoms. The van der Waals surface area contributed by atoms with Crippen molar-refractivity contribution in [2.45, 2.75) is 33.0 Å². The number of aryl methyl sites for hydroxylation is 1. The van der Waals surface area contributed by atoms with E-state index in [1.807, 2.05) is 19.1 Å². The molecule has 0 aliphatic rings. The van der Waals surface area contributed by atoms with Crippen LogP contribution in [0, 0.1) is 6.92 Å². The number of guanidine groups is 1. The van der Waals surface area contributed by atoms with Crippen molar-refractivity contribution in [3.05, 3.63) is 75.6 Å². The van der Waals surface area contributed by atoms with Crippen LogP contribution < -0.4 is 10.6 Å². The molecule has 0 aliphatic carbocycles. The average Bonchev–Trinajstić information content (AvgIpc) is 3.37. The highest BCUT2D eigenvalue weighted by Crippen LogP contribution is 2.13. The summed E-state index contributed by atoms with van der Waals surface area (Å²) in [5.74, 6) is 1.78. The number of rotatable bonds is 9. The van der Waals surface area contributed by atoms with Crippen molar-refractivity contribution in [1.29, 1.82) is 0 Å². The van der Waals surface area contributed by atoms with Gasteiger partial charge in [-0.25, -0.2) is 4.98 Å². The van der Waals surface area contributed by atoms with Gasteiger partial charge in [0.05, 0.1) is 23.5 Å². The van der Waals surface area contributed by atoms with Crippen molar-refractivity contribution in [1.82, 2.24) is 20.5 Å². The Kier molecular flexibility index (Phi) is 7.84. The van der Waals surface area contributed by atoms with E-state index in [0.29, 0.717) is 0 Å². The first kappa shape index (κ1) is 21.1. The number of aliphatic imine (C=N–C) groups is 1. The van der Waals surface area contributed by atoms with Gasteiger partial charge in [-0.15, -0.1) is 11.3 Å². The molecule has 0 spiro atoms. The molecule has 0 unspecified atom stereocenters. The van der Waals surface area contributed by atoms with Crippen LogP contribution in [0.3, 0.4) is 0 Å². The minimum Gasteiger partial charge on any atom is -0.468 e. The van der Waals surface area contributed by atoms with Crippen molar-refractivity contribution < 1.29 is 4.42 Å². The molecular weight excluding hydrogens is 382 g/mol. The summed E-state index contributed by atoms with van der Waals surface area (Å²) in [6.07, 6.45) is 2.61. The van der Waals surface area contributed by atoms with Gasteiger partial charge in [-0.2, -0.15) is 0 Å². The van der Waals surface area contributed by atoms with E-state index in [4.69, 9.17) is 4.42 Å². The van der Waals surface area contributed by atoms with Crippen LogP contribution in [0.4, 0.5) is 0 Å². The molecule has 0 amide bonds. The third kappa shape index (κ3) is 6.73.